The van der Waals surface area contributed by atoms with Crippen LogP contribution in [0.15, 0.2) is 30.5 Å². The van der Waals surface area contributed by atoms with Gasteiger partial charge in [-0.25, -0.2) is 8.42 Å². The Hall–Kier alpha value is -1.81. The van der Waals surface area contributed by atoms with Gasteiger partial charge in [0.2, 0.25) is 0 Å². The van der Waals surface area contributed by atoms with Crippen molar-refractivity contribution in [2.75, 3.05) is 0 Å². The number of sulfone groups is 1. The van der Waals surface area contributed by atoms with Crippen LogP contribution in [-0.2, 0) is 21.1 Å². The average molecular weight is 478 g/mol. The third kappa shape index (κ3) is 4.16. The summed E-state index contributed by atoms with van der Waals surface area (Å²) in [4.78, 5) is 11.6. The Morgan fingerprint density at radius 3 is 1.94 bits per heavy atom. The summed E-state index contributed by atoms with van der Waals surface area (Å²) in [6.07, 6.45) is 0.960. The summed E-state index contributed by atoms with van der Waals surface area (Å²) in [5.41, 5.74) is -3.69. The molecule has 0 unspecified atom stereocenters. The molecule has 0 bridgehead atoms. The summed E-state index contributed by atoms with van der Waals surface area (Å²) in [5.74, 6) is -2.01. The van der Waals surface area contributed by atoms with E-state index in [4.69, 9.17) is 0 Å². The number of benzene rings is 1. The standard InChI is InChI=1S/C21H30F3NO4SSi/c1-13(2)31(14(3)4,15(5)6)25-12-16(17-9-7-8-10-18(17)25)11-19(20(26)27)30(28,29)21(22,23)24/h7-10,12-15,19H,11H2,1-6H3,(H,26,27)/t19-/m0/s1. The third-order valence-corrected chi connectivity index (χ3v) is 14.9. The molecule has 1 heterocycles. The van der Waals surface area contributed by atoms with E-state index in [0.29, 0.717) is 10.9 Å². The quantitative estimate of drug-likeness (QED) is 0.503. The van der Waals surface area contributed by atoms with E-state index in [2.05, 4.69) is 45.8 Å². The number of aromatic nitrogens is 1. The van der Waals surface area contributed by atoms with E-state index in [-0.39, 0.29) is 16.6 Å². The largest absolute Gasteiger partial charge is 0.498 e. The van der Waals surface area contributed by atoms with Crippen molar-refractivity contribution >= 4 is 34.9 Å². The van der Waals surface area contributed by atoms with E-state index < -0.39 is 41.2 Å². The molecule has 0 fully saturated rings. The first-order valence-corrected chi connectivity index (χ1v) is 13.9. The first kappa shape index (κ1) is 25.4. The van der Waals surface area contributed by atoms with E-state index in [0.717, 1.165) is 5.52 Å². The zero-order valence-electron chi connectivity index (χ0n) is 18.6. The van der Waals surface area contributed by atoms with E-state index in [9.17, 15) is 31.5 Å². The van der Waals surface area contributed by atoms with Crippen LogP contribution in [0.5, 0.6) is 0 Å². The highest BCUT2D eigenvalue weighted by Gasteiger charge is 2.54. The number of hydrogen-bond acceptors (Lipinski definition) is 3. The predicted octanol–water partition coefficient (Wildman–Crippen LogP) is 5.60. The maximum absolute atomic E-state index is 13.1. The van der Waals surface area contributed by atoms with Crippen LogP contribution in [0.2, 0.25) is 16.6 Å². The lowest BCUT2D eigenvalue weighted by Gasteiger charge is -2.44. The van der Waals surface area contributed by atoms with Crippen molar-refractivity contribution in [1.29, 1.82) is 0 Å². The lowest BCUT2D eigenvalue weighted by molar-refractivity contribution is -0.137. The molecule has 2 aromatic rings. The number of hydrogen-bond donors (Lipinski definition) is 1. The highest BCUT2D eigenvalue weighted by atomic mass is 32.2. The minimum Gasteiger partial charge on any atom is -0.480 e. The van der Waals surface area contributed by atoms with Crippen LogP contribution in [0.3, 0.4) is 0 Å². The molecule has 0 saturated heterocycles. The van der Waals surface area contributed by atoms with Gasteiger partial charge in [-0.15, -0.1) is 0 Å². The zero-order chi connectivity index (χ0) is 23.9. The summed E-state index contributed by atoms with van der Waals surface area (Å²) in [5, 5.41) is 7.35. The monoisotopic (exact) mass is 477 g/mol. The van der Waals surface area contributed by atoms with Gasteiger partial charge in [-0.3, -0.25) is 4.79 Å². The van der Waals surface area contributed by atoms with Gasteiger partial charge >= 0.3 is 11.5 Å². The van der Waals surface area contributed by atoms with Crippen molar-refractivity contribution in [2.45, 2.75) is 75.3 Å². The van der Waals surface area contributed by atoms with Gasteiger partial charge in [0.05, 0.1) is 0 Å². The molecule has 0 aliphatic rings. The minimum absolute atomic E-state index is 0.283. The number of fused-ring (bicyclic) bond motifs is 1. The molecule has 1 aromatic heterocycles. The van der Waals surface area contributed by atoms with Crippen LogP contribution in [0.25, 0.3) is 10.9 Å². The van der Waals surface area contributed by atoms with E-state index in [1.165, 1.54) is 0 Å². The van der Waals surface area contributed by atoms with Crippen LogP contribution in [0.1, 0.15) is 47.1 Å². The Balaban J connectivity index is 2.80. The van der Waals surface area contributed by atoms with Gasteiger partial charge in [0.1, 0.15) is 0 Å². The van der Waals surface area contributed by atoms with Crippen molar-refractivity contribution in [3.05, 3.63) is 36.0 Å². The topological polar surface area (TPSA) is 76.4 Å². The van der Waals surface area contributed by atoms with Gasteiger partial charge < -0.3 is 9.34 Å². The van der Waals surface area contributed by atoms with Gasteiger partial charge in [-0.1, -0.05) is 59.7 Å². The molecular formula is C21H30F3NO4SSi. The van der Waals surface area contributed by atoms with Crippen molar-refractivity contribution in [1.82, 2.24) is 4.23 Å². The highest BCUT2D eigenvalue weighted by molar-refractivity contribution is 7.93. The van der Waals surface area contributed by atoms with E-state index >= 15 is 0 Å². The summed E-state index contributed by atoms with van der Waals surface area (Å²) in [6.45, 7) is 12.8. The van der Waals surface area contributed by atoms with Crippen LogP contribution >= 0.6 is 0 Å². The number of nitrogens with zero attached hydrogens (tertiary/aromatic N) is 1. The van der Waals surface area contributed by atoms with E-state index in [1.54, 1.807) is 18.3 Å². The third-order valence-electron chi connectivity index (χ3n) is 6.36. The van der Waals surface area contributed by atoms with Gasteiger partial charge in [-0.05, 0) is 34.5 Å². The van der Waals surface area contributed by atoms with E-state index in [1.807, 2.05) is 12.1 Å². The number of para-hydroxylation sites is 1. The number of carboxylic acid groups (broad SMARTS) is 1. The molecule has 0 spiro atoms. The second kappa shape index (κ2) is 8.61. The molecule has 31 heavy (non-hydrogen) atoms. The molecule has 5 nitrogen and oxygen atoms in total. The molecule has 1 atom stereocenters. The number of halogens is 3. The number of carbonyl (C=O) groups is 1. The molecular weight excluding hydrogens is 447 g/mol. The number of rotatable bonds is 8. The van der Waals surface area contributed by atoms with Crippen molar-refractivity contribution in [3.63, 3.8) is 0 Å². The molecule has 2 rings (SSSR count). The smallest absolute Gasteiger partial charge is 0.480 e. The van der Waals surface area contributed by atoms with Gasteiger partial charge in [0, 0.05) is 17.3 Å². The zero-order valence-corrected chi connectivity index (χ0v) is 20.4. The Labute approximate surface area is 182 Å². The molecule has 0 aliphatic carbocycles. The molecule has 0 amide bonds. The van der Waals surface area contributed by atoms with Gasteiger partial charge in [-0.2, -0.15) is 13.2 Å². The second-order valence-electron chi connectivity index (χ2n) is 8.91. The number of alkyl halides is 3. The SMILES string of the molecule is CC(C)[Si](C(C)C)(C(C)C)n1cc(C[C@@H](C(=O)O)S(=O)(=O)C(F)(F)F)c2ccccc21. The Morgan fingerprint density at radius 2 is 1.52 bits per heavy atom. The van der Waals surface area contributed by atoms with Crippen molar-refractivity contribution < 1.29 is 31.5 Å². The fraction of sp³-hybridized carbons (Fsp3) is 0.571. The van der Waals surface area contributed by atoms with Gasteiger partial charge in [0.25, 0.3) is 9.84 Å². The Bertz CT molecular complexity index is 1040. The summed E-state index contributed by atoms with van der Waals surface area (Å²) in [7, 11) is -8.19. The molecule has 0 radical (unpaired) electrons. The van der Waals surface area contributed by atoms with Crippen molar-refractivity contribution in [3.8, 4) is 0 Å². The minimum atomic E-state index is -5.88. The summed E-state index contributed by atoms with van der Waals surface area (Å²) in [6, 6.07) is 7.11. The predicted molar refractivity (Wildman–Crippen MR) is 118 cm³/mol. The first-order chi connectivity index (χ1) is 14.1. The lowest BCUT2D eigenvalue weighted by atomic mass is 10.1. The second-order valence-corrected chi connectivity index (χ2v) is 16.8. The van der Waals surface area contributed by atoms with Crippen LogP contribution in [0, 0.1) is 0 Å². The summed E-state index contributed by atoms with van der Waals surface area (Å²) >= 11 is 0. The maximum Gasteiger partial charge on any atom is 0.498 e. The van der Waals surface area contributed by atoms with Crippen LogP contribution < -0.4 is 0 Å². The molecule has 1 aromatic carbocycles. The molecule has 0 saturated carbocycles. The lowest BCUT2D eigenvalue weighted by Crippen LogP contribution is -2.51. The molecule has 174 valence electrons. The van der Waals surface area contributed by atoms with Crippen molar-refractivity contribution in [2.24, 2.45) is 0 Å². The average Bonchev–Trinajstić information content (AvgIpc) is 2.97. The fourth-order valence-corrected chi connectivity index (χ4v) is 12.9. The Morgan fingerprint density at radius 1 is 1.03 bits per heavy atom. The molecule has 10 heteroatoms. The number of carboxylic acids is 1. The first-order valence-electron chi connectivity index (χ1n) is 10.2. The highest BCUT2D eigenvalue weighted by Crippen LogP contribution is 2.45. The fourth-order valence-electron chi connectivity index (χ4n) is 5.26. The molecule has 0 aliphatic heterocycles. The van der Waals surface area contributed by atoms with Crippen LogP contribution in [0.4, 0.5) is 13.2 Å². The normalized spacial score (nSPS) is 14.7. The van der Waals surface area contributed by atoms with Crippen LogP contribution in [-0.4, -0.2) is 42.7 Å². The Kier molecular flexibility index (Phi) is 7.07. The number of aliphatic carboxylic acids is 1. The maximum atomic E-state index is 13.1. The molecule has 1 N–H and O–H groups in total. The van der Waals surface area contributed by atoms with Gasteiger partial charge in [0.15, 0.2) is 13.5 Å². The summed E-state index contributed by atoms with van der Waals surface area (Å²) < 4.78 is 65.4.